The molecule has 3 aromatic rings. The van der Waals surface area contributed by atoms with Crippen molar-refractivity contribution in [2.75, 3.05) is 26.6 Å². The van der Waals surface area contributed by atoms with E-state index in [0.717, 1.165) is 12.1 Å². The summed E-state index contributed by atoms with van der Waals surface area (Å²) in [4.78, 5) is 16.7. The fourth-order valence-corrected chi connectivity index (χ4v) is 2.74. The van der Waals surface area contributed by atoms with Crippen molar-refractivity contribution >= 4 is 11.6 Å². The molecule has 11 heteroatoms. The van der Waals surface area contributed by atoms with Crippen molar-refractivity contribution in [2.45, 2.75) is 6.18 Å². The molecular weight excluding hydrogens is 405 g/mol. The number of hydrogen-bond donors (Lipinski definition) is 1. The number of ether oxygens (including phenoxy) is 3. The van der Waals surface area contributed by atoms with Crippen LogP contribution in [0, 0.1) is 0 Å². The largest absolute Gasteiger partial charge is 0.496 e. The first-order valence-corrected chi connectivity index (χ1v) is 8.46. The molecule has 1 heterocycles. The van der Waals surface area contributed by atoms with Crippen molar-refractivity contribution in [3.63, 3.8) is 0 Å². The number of nitrogens with zero attached hydrogens (tertiary/aromatic N) is 3. The second kappa shape index (κ2) is 8.31. The first-order chi connectivity index (χ1) is 14.3. The molecule has 1 N–H and O–H groups in total. The molecule has 0 bridgehead atoms. The Morgan fingerprint density at radius 3 is 2.23 bits per heavy atom. The fraction of sp³-hybridized carbons (Fsp3) is 0.211. The van der Waals surface area contributed by atoms with Gasteiger partial charge in [0, 0.05) is 12.1 Å². The maximum atomic E-state index is 13.2. The van der Waals surface area contributed by atoms with Crippen LogP contribution in [0.25, 0.3) is 5.69 Å². The molecule has 0 aliphatic carbocycles. The zero-order valence-electron chi connectivity index (χ0n) is 16.1. The SMILES string of the molecule is COc1cc(OC)c(C(=O)Nc2cc(C(F)(F)F)ccc2-n2cncn2)cc1OC. The van der Waals surface area contributed by atoms with Crippen LogP contribution in [0.1, 0.15) is 15.9 Å². The van der Waals surface area contributed by atoms with Crippen molar-refractivity contribution < 1.29 is 32.2 Å². The van der Waals surface area contributed by atoms with Gasteiger partial charge in [-0.3, -0.25) is 4.79 Å². The summed E-state index contributed by atoms with van der Waals surface area (Å²) in [6.45, 7) is 0. The molecule has 0 radical (unpaired) electrons. The maximum Gasteiger partial charge on any atom is 0.416 e. The lowest BCUT2D eigenvalue weighted by molar-refractivity contribution is -0.137. The summed E-state index contributed by atoms with van der Waals surface area (Å²) in [7, 11) is 4.16. The Bertz CT molecular complexity index is 1050. The Hall–Kier alpha value is -3.76. The zero-order valence-corrected chi connectivity index (χ0v) is 16.1. The monoisotopic (exact) mass is 422 g/mol. The number of methoxy groups -OCH3 is 3. The van der Waals surface area contributed by atoms with Gasteiger partial charge in [-0.05, 0) is 18.2 Å². The Morgan fingerprint density at radius 2 is 1.67 bits per heavy atom. The normalized spacial score (nSPS) is 11.1. The molecule has 8 nitrogen and oxygen atoms in total. The third-order valence-corrected chi connectivity index (χ3v) is 4.19. The van der Waals surface area contributed by atoms with Crippen LogP contribution < -0.4 is 19.5 Å². The van der Waals surface area contributed by atoms with E-state index in [4.69, 9.17) is 14.2 Å². The number of carbonyl (C=O) groups is 1. The van der Waals surface area contributed by atoms with Crippen LogP contribution in [0.4, 0.5) is 18.9 Å². The summed E-state index contributed by atoms with van der Waals surface area (Å²) < 4.78 is 56.4. The Morgan fingerprint density at radius 1 is 1.00 bits per heavy atom. The lowest BCUT2D eigenvalue weighted by Crippen LogP contribution is -2.17. The van der Waals surface area contributed by atoms with Gasteiger partial charge >= 0.3 is 6.18 Å². The molecule has 0 atom stereocenters. The van der Waals surface area contributed by atoms with E-state index in [1.54, 1.807) is 0 Å². The first kappa shape index (κ1) is 21.0. The van der Waals surface area contributed by atoms with Crippen LogP contribution in [0.5, 0.6) is 17.2 Å². The van der Waals surface area contributed by atoms with Gasteiger partial charge in [0.2, 0.25) is 0 Å². The van der Waals surface area contributed by atoms with E-state index in [9.17, 15) is 18.0 Å². The second-order valence-corrected chi connectivity index (χ2v) is 5.93. The highest BCUT2D eigenvalue weighted by Crippen LogP contribution is 2.36. The number of anilines is 1. The average molecular weight is 422 g/mol. The highest BCUT2D eigenvalue weighted by Gasteiger charge is 2.31. The summed E-state index contributed by atoms with van der Waals surface area (Å²) in [5.74, 6) is 0.0187. The summed E-state index contributed by atoms with van der Waals surface area (Å²) in [6, 6.07) is 5.72. The number of halogens is 3. The molecule has 0 unspecified atom stereocenters. The minimum atomic E-state index is -4.60. The van der Waals surface area contributed by atoms with Crippen LogP contribution in [0.3, 0.4) is 0 Å². The Kier molecular flexibility index (Phi) is 5.81. The molecule has 1 aromatic heterocycles. The summed E-state index contributed by atoms with van der Waals surface area (Å²) in [6.07, 6.45) is -2.07. The summed E-state index contributed by atoms with van der Waals surface area (Å²) in [5.41, 5.74) is -0.802. The predicted molar refractivity (Wildman–Crippen MR) is 100 cm³/mol. The first-order valence-electron chi connectivity index (χ1n) is 8.46. The van der Waals surface area contributed by atoms with Gasteiger partial charge in [0.05, 0.1) is 43.8 Å². The third kappa shape index (κ3) is 4.14. The molecular formula is C19H17F3N4O4. The van der Waals surface area contributed by atoms with Gasteiger partial charge in [0.1, 0.15) is 18.4 Å². The van der Waals surface area contributed by atoms with Crippen molar-refractivity contribution in [3.05, 3.63) is 54.1 Å². The van der Waals surface area contributed by atoms with Crippen molar-refractivity contribution in [1.82, 2.24) is 14.8 Å². The highest BCUT2D eigenvalue weighted by molar-refractivity contribution is 6.07. The third-order valence-electron chi connectivity index (χ3n) is 4.19. The molecule has 0 aliphatic rings. The molecule has 2 aromatic carbocycles. The topological polar surface area (TPSA) is 87.5 Å². The maximum absolute atomic E-state index is 13.2. The molecule has 30 heavy (non-hydrogen) atoms. The van der Waals surface area contributed by atoms with Crippen molar-refractivity contribution in [1.29, 1.82) is 0 Å². The minimum Gasteiger partial charge on any atom is -0.496 e. The van der Waals surface area contributed by atoms with Crippen LogP contribution in [-0.2, 0) is 6.18 Å². The van der Waals surface area contributed by atoms with Crippen molar-refractivity contribution in [3.8, 4) is 22.9 Å². The zero-order chi connectivity index (χ0) is 21.9. The van der Waals surface area contributed by atoms with Gasteiger partial charge in [-0.1, -0.05) is 0 Å². The summed E-state index contributed by atoms with van der Waals surface area (Å²) in [5, 5.41) is 6.40. The van der Waals surface area contributed by atoms with Gasteiger partial charge in [-0.15, -0.1) is 0 Å². The number of nitrogens with one attached hydrogen (secondary N) is 1. The second-order valence-electron chi connectivity index (χ2n) is 5.93. The average Bonchev–Trinajstić information content (AvgIpc) is 3.26. The van der Waals surface area contributed by atoms with E-state index in [0.29, 0.717) is 5.75 Å². The van der Waals surface area contributed by atoms with Gasteiger partial charge < -0.3 is 19.5 Å². The minimum absolute atomic E-state index is 0.0390. The number of hydrogen-bond acceptors (Lipinski definition) is 6. The summed E-state index contributed by atoms with van der Waals surface area (Å²) >= 11 is 0. The molecule has 1 amide bonds. The van der Waals surface area contributed by atoms with E-state index >= 15 is 0 Å². The van der Waals surface area contributed by atoms with E-state index in [1.807, 2.05) is 0 Å². The molecule has 0 spiro atoms. The van der Waals surface area contributed by atoms with Crippen LogP contribution >= 0.6 is 0 Å². The van der Waals surface area contributed by atoms with Crippen LogP contribution in [-0.4, -0.2) is 42.0 Å². The number of aromatic nitrogens is 3. The molecule has 0 fully saturated rings. The van der Waals surface area contributed by atoms with Gasteiger partial charge in [0.15, 0.2) is 11.5 Å². The van der Waals surface area contributed by atoms with E-state index in [1.165, 1.54) is 56.9 Å². The van der Waals surface area contributed by atoms with Gasteiger partial charge in [-0.2, -0.15) is 18.3 Å². The highest BCUT2D eigenvalue weighted by atomic mass is 19.4. The van der Waals surface area contributed by atoms with Crippen LogP contribution in [0.2, 0.25) is 0 Å². The molecule has 158 valence electrons. The number of carbonyl (C=O) groups excluding carboxylic acids is 1. The van der Waals surface area contributed by atoms with E-state index in [2.05, 4.69) is 15.4 Å². The smallest absolute Gasteiger partial charge is 0.416 e. The molecule has 0 aliphatic heterocycles. The Labute approximate surface area is 169 Å². The Balaban J connectivity index is 2.06. The molecule has 3 rings (SSSR count). The predicted octanol–water partition coefficient (Wildman–Crippen LogP) is 3.56. The number of benzene rings is 2. The van der Waals surface area contributed by atoms with Gasteiger partial charge in [0.25, 0.3) is 5.91 Å². The standard InChI is InChI=1S/C19H17F3N4O4/c1-28-15-8-17(30-3)16(29-2)7-12(15)18(27)25-13-6-11(19(20,21)22)4-5-14(13)26-10-23-9-24-26/h4-10H,1-3H3,(H,25,27). The number of rotatable bonds is 6. The van der Waals surface area contributed by atoms with Gasteiger partial charge in [-0.25, -0.2) is 9.67 Å². The lowest BCUT2D eigenvalue weighted by Gasteiger charge is -2.16. The lowest BCUT2D eigenvalue weighted by atomic mass is 10.1. The number of alkyl halides is 3. The fourth-order valence-electron chi connectivity index (χ4n) is 2.74. The van der Waals surface area contributed by atoms with E-state index in [-0.39, 0.29) is 28.4 Å². The van der Waals surface area contributed by atoms with Crippen molar-refractivity contribution in [2.24, 2.45) is 0 Å². The molecule has 0 saturated heterocycles. The van der Waals surface area contributed by atoms with Crippen LogP contribution in [0.15, 0.2) is 43.0 Å². The quantitative estimate of drug-likeness (QED) is 0.654. The van der Waals surface area contributed by atoms with E-state index < -0.39 is 17.6 Å². The number of amides is 1. The molecule has 0 saturated carbocycles.